The van der Waals surface area contributed by atoms with E-state index in [0.29, 0.717) is 13.1 Å². The monoisotopic (exact) mass is 287 g/mol. The average Bonchev–Trinajstić information content (AvgIpc) is 2.50. The molecule has 2 rings (SSSR count). The lowest BCUT2D eigenvalue weighted by molar-refractivity contribution is 0.174. The number of aromatic hydroxyl groups is 1. The number of aryl methyl sites for hydroxylation is 1. The molecule has 0 aliphatic heterocycles. The van der Waals surface area contributed by atoms with E-state index in [4.69, 9.17) is 4.74 Å². The van der Waals surface area contributed by atoms with Crippen LogP contribution < -0.4 is 10.1 Å². The summed E-state index contributed by atoms with van der Waals surface area (Å²) >= 11 is 0. The molecule has 21 heavy (non-hydrogen) atoms. The number of aliphatic hydroxyl groups excluding tert-OH is 1. The standard InChI is InChI=1S/C17H21NO3/c1-12-3-8-16(19)14(9-12)10-18-11-17(20)13-4-6-15(21-2)7-5-13/h3-9,17-20H,10-11H2,1-2H3. The van der Waals surface area contributed by atoms with E-state index in [-0.39, 0.29) is 5.75 Å². The van der Waals surface area contributed by atoms with E-state index in [1.54, 1.807) is 13.2 Å². The van der Waals surface area contributed by atoms with Gasteiger partial charge >= 0.3 is 0 Å². The second-order valence-electron chi connectivity index (χ2n) is 5.05. The van der Waals surface area contributed by atoms with Crippen molar-refractivity contribution in [2.24, 2.45) is 0 Å². The number of phenolic OH excluding ortho intramolecular Hbond substituents is 1. The van der Waals surface area contributed by atoms with Crippen LogP contribution in [0.1, 0.15) is 22.8 Å². The fourth-order valence-electron chi connectivity index (χ4n) is 2.14. The molecule has 0 radical (unpaired) electrons. The zero-order valence-corrected chi connectivity index (χ0v) is 12.3. The molecule has 0 aliphatic rings. The van der Waals surface area contributed by atoms with Gasteiger partial charge in [0.05, 0.1) is 13.2 Å². The van der Waals surface area contributed by atoms with E-state index >= 15 is 0 Å². The van der Waals surface area contributed by atoms with E-state index < -0.39 is 6.10 Å². The Morgan fingerprint density at radius 2 is 1.86 bits per heavy atom. The molecule has 0 spiro atoms. The van der Waals surface area contributed by atoms with Crippen LogP contribution in [0.2, 0.25) is 0 Å². The van der Waals surface area contributed by atoms with Crippen LogP contribution in [0.3, 0.4) is 0 Å². The number of phenols is 1. The first-order chi connectivity index (χ1) is 10.1. The summed E-state index contributed by atoms with van der Waals surface area (Å²) in [4.78, 5) is 0. The number of hydrogen-bond donors (Lipinski definition) is 3. The smallest absolute Gasteiger partial charge is 0.120 e. The molecule has 2 aromatic rings. The van der Waals surface area contributed by atoms with Gasteiger partial charge in [-0.05, 0) is 30.7 Å². The topological polar surface area (TPSA) is 61.7 Å². The normalized spacial score (nSPS) is 12.1. The van der Waals surface area contributed by atoms with Crippen molar-refractivity contribution in [2.45, 2.75) is 19.6 Å². The third kappa shape index (κ3) is 4.21. The SMILES string of the molecule is COc1ccc(C(O)CNCc2cc(C)ccc2O)cc1. The lowest BCUT2D eigenvalue weighted by Crippen LogP contribution is -2.21. The highest BCUT2D eigenvalue weighted by Crippen LogP contribution is 2.19. The predicted octanol–water partition coefficient (Wildman–Crippen LogP) is 2.53. The van der Waals surface area contributed by atoms with Gasteiger partial charge in [0, 0.05) is 18.7 Å². The van der Waals surface area contributed by atoms with Gasteiger partial charge in [0.2, 0.25) is 0 Å². The minimum absolute atomic E-state index is 0.270. The molecule has 1 atom stereocenters. The highest BCUT2D eigenvalue weighted by atomic mass is 16.5. The Labute approximate surface area is 125 Å². The van der Waals surface area contributed by atoms with Gasteiger partial charge in [-0.15, -0.1) is 0 Å². The molecule has 0 heterocycles. The number of nitrogens with one attached hydrogen (secondary N) is 1. The largest absolute Gasteiger partial charge is 0.508 e. The molecule has 0 amide bonds. The third-order valence-corrected chi connectivity index (χ3v) is 3.39. The first-order valence-electron chi connectivity index (χ1n) is 6.91. The van der Waals surface area contributed by atoms with Crippen molar-refractivity contribution in [3.63, 3.8) is 0 Å². The number of aliphatic hydroxyl groups is 1. The summed E-state index contributed by atoms with van der Waals surface area (Å²) in [5, 5.41) is 23.0. The number of benzene rings is 2. The molecule has 4 nitrogen and oxygen atoms in total. The van der Waals surface area contributed by atoms with Gasteiger partial charge in [-0.25, -0.2) is 0 Å². The molecule has 0 aliphatic carbocycles. The van der Waals surface area contributed by atoms with Gasteiger partial charge < -0.3 is 20.3 Å². The Bertz CT molecular complexity index is 581. The van der Waals surface area contributed by atoms with E-state index in [0.717, 1.165) is 22.4 Å². The average molecular weight is 287 g/mol. The van der Waals surface area contributed by atoms with Crippen LogP contribution in [0.4, 0.5) is 0 Å². The van der Waals surface area contributed by atoms with Crippen LogP contribution >= 0.6 is 0 Å². The number of methoxy groups -OCH3 is 1. The molecule has 3 N–H and O–H groups in total. The summed E-state index contributed by atoms with van der Waals surface area (Å²) in [7, 11) is 1.61. The van der Waals surface area contributed by atoms with Crippen molar-refractivity contribution < 1.29 is 14.9 Å². The van der Waals surface area contributed by atoms with E-state index in [1.807, 2.05) is 43.3 Å². The molecular weight excluding hydrogens is 266 g/mol. The maximum Gasteiger partial charge on any atom is 0.120 e. The Balaban J connectivity index is 1.88. The fourth-order valence-corrected chi connectivity index (χ4v) is 2.14. The van der Waals surface area contributed by atoms with Crippen molar-refractivity contribution >= 4 is 0 Å². The molecule has 0 saturated carbocycles. The highest BCUT2D eigenvalue weighted by molar-refractivity contribution is 5.35. The minimum Gasteiger partial charge on any atom is -0.508 e. The molecular formula is C17H21NO3. The summed E-state index contributed by atoms with van der Waals surface area (Å²) in [5.41, 5.74) is 2.76. The fraction of sp³-hybridized carbons (Fsp3) is 0.294. The van der Waals surface area contributed by atoms with Crippen molar-refractivity contribution in [1.29, 1.82) is 0 Å². The molecule has 0 saturated heterocycles. The highest BCUT2D eigenvalue weighted by Gasteiger charge is 2.08. The Morgan fingerprint density at radius 3 is 2.52 bits per heavy atom. The zero-order chi connectivity index (χ0) is 15.2. The number of rotatable bonds is 6. The second-order valence-corrected chi connectivity index (χ2v) is 5.05. The second kappa shape index (κ2) is 7.11. The lowest BCUT2D eigenvalue weighted by atomic mass is 10.1. The third-order valence-electron chi connectivity index (χ3n) is 3.39. The predicted molar refractivity (Wildman–Crippen MR) is 82.5 cm³/mol. The zero-order valence-electron chi connectivity index (χ0n) is 12.3. The van der Waals surface area contributed by atoms with E-state index in [2.05, 4.69) is 5.32 Å². The van der Waals surface area contributed by atoms with Gasteiger partial charge in [-0.1, -0.05) is 29.8 Å². The van der Waals surface area contributed by atoms with E-state index in [9.17, 15) is 10.2 Å². The first-order valence-corrected chi connectivity index (χ1v) is 6.91. The summed E-state index contributed by atoms with van der Waals surface area (Å²) < 4.78 is 5.09. The van der Waals surface area contributed by atoms with Crippen LogP contribution in [0.5, 0.6) is 11.5 Å². The summed E-state index contributed by atoms with van der Waals surface area (Å²) in [5.74, 6) is 1.04. The van der Waals surface area contributed by atoms with Crippen LogP contribution in [0.15, 0.2) is 42.5 Å². The summed E-state index contributed by atoms with van der Waals surface area (Å²) in [6, 6.07) is 12.8. The van der Waals surface area contributed by atoms with Crippen molar-refractivity contribution in [3.8, 4) is 11.5 Å². The number of ether oxygens (including phenoxy) is 1. The molecule has 0 fully saturated rings. The van der Waals surface area contributed by atoms with Gasteiger partial charge in [0.15, 0.2) is 0 Å². The van der Waals surface area contributed by atoms with Crippen LogP contribution in [0.25, 0.3) is 0 Å². The van der Waals surface area contributed by atoms with Crippen molar-refractivity contribution in [1.82, 2.24) is 5.32 Å². The van der Waals surface area contributed by atoms with Gasteiger partial charge in [0.25, 0.3) is 0 Å². The van der Waals surface area contributed by atoms with Crippen molar-refractivity contribution in [2.75, 3.05) is 13.7 Å². The summed E-state index contributed by atoms with van der Waals surface area (Å²) in [6.07, 6.45) is -0.595. The van der Waals surface area contributed by atoms with Gasteiger partial charge in [-0.2, -0.15) is 0 Å². The van der Waals surface area contributed by atoms with Gasteiger partial charge in [-0.3, -0.25) is 0 Å². The molecule has 2 aromatic carbocycles. The summed E-state index contributed by atoms with van der Waals surface area (Å²) in [6.45, 7) is 2.91. The number of hydrogen-bond acceptors (Lipinski definition) is 4. The molecule has 0 bridgehead atoms. The first kappa shape index (κ1) is 15.4. The van der Waals surface area contributed by atoms with Crippen LogP contribution in [0, 0.1) is 6.92 Å². The van der Waals surface area contributed by atoms with Crippen molar-refractivity contribution in [3.05, 3.63) is 59.2 Å². The molecule has 0 aromatic heterocycles. The van der Waals surface area contributed by atoms with E-state index in [1.165, 1.54) is 0 Å². The van der Waals surface area contributed by atoms with Crippen LogP contribution in [-0.2, 0) is 6.54 Å². The Kier molecular flexibility index (Phi) is 5.20. The Morgan fingerprint density at radius 1 is 1.14 bits per heavy atom. The quantitative estimate of drug-likeness (QED) is 0.764. The van der Waals surface area contributed by atoms with Crippen LogP contribution in [-0.4, -0.2) is 23.9 Å². The molecule has 1 unspecified atom stereocenters. The molecule has 112 valence electrons. The molecule has 4 heteroatoms. The maximum atomic E-state index is 10.1. The van der Waals surface area contributed by atoms with Gasteiger partial charge in [0.1, 0.15) is 11.5 Å². The lowest BCUT2D eigenvalue weighted by Gasteiger charge is -2.13. The Hall–Kier alpha value is -2.04. The minimum atomic E-state index is -0.595. The maximum absolute atomic E-state index is 10.1.